The number of carboxylic acid groups (broad SMARTS) is 1. The Balaban J connectivity index is 2.23. The zero-order valence-corrected chi connectivity index (χ0v) is 12.0. The fourth-order valence-electron chi connectivity index (χ4n) is 2.82. The molecule has 5 heteroatoms. The predicted molar refractivity (Wildman–Crippen MR) is 81.3 cm³/mol. The van der Waals surface area contributed by atoms with Gasteiger partial charge in [0, 0.05) is 18.9 Å². The van der Waals surface area contributed by atoms with E-state index in [4.69, 9.17) is 4.74 Å². The van der Waals surface area contributed by atoms with Gasteiger partial charge in [0.15, 0.2) is 0 Å². The van der Waals surface area contributed by atoms with Crippen LogP contribution in [0.2, 0.25) is 0 Å². The van der Waals surface area contributed by atoms with Crippen LogP contribution in [0.5, 0.6) is 0 Å². The van der Waals surface area contributed by atoms with E-state index in [1.807, 2.05) is 18.2 Å². The maximum atomic E-state index is 11.8. The second-order valence-electron chi connectivity index (χ2n) is 5.11. The first-order valence-corrected chi connectivity index (χ1v) is 6.95. The molecule has 1 N–H and O–H groups in total. The number of ether oxygens (including phenoxy) is 1. The molecule has 0 fully saturated rings. The van der Waals surface area contributed by atoms with Crippen LogP contribution in [0.4, 0.5) is 16.2 Å². The third kappa shape index (κ3) is 2.41. The van der Waals surface area contributed by atoms with Crippen LogP contribution in [-0.4, -0.2) is 17.2 Å². The van der Waals surface area contributed by atoms with E-state index in [0.29, 0.717) is 23.4 Å². The molecule has 1 atom stereocenters. The number of nitrogens with zero attached hydrogens (tertiary/aromatic N) is 1. The summed E-state index contributed by atoms with van der Waals surface area (Å²) in [6.07, 6.45) is -1.13. The number of carbonyl (C=O) groups is 2. The van der Waals surface area contributed by atoms with Crippen molar-refractivity contribution < 1.29 is 19.4 Å². The van der Waals surface area contributed by atoms with Crippen molar-refractivity contribution in [2.45, 2.75) is 19.4 Å². The molecule has 0 unspecified atom stereocenters. The zero-order chi connectivity index (χ0) is 15.7. The van der Waals surface area contributed by atoms with Gasteiger partial charge in [0.05, 0.1) is 11.4 Å². The van der Waals surface area contributed by atoms with Gasteiger partial charge in [-0.15, -0.1) is 0 Å². The number of rotatable bonds is 1. The fourth-order valence-corrected chi connectivity index (χ4v) is 2.82. The highest BCUT2D eigenvalue weighted by atomic mass is 16.5. The van der Waals surface area contributed by atoms with E-state index in [0.717, 1.165) is 5.56 Å². The van der Waals surface area contributed by atoms with E-state index in [1.54, 1.807) is 30.3 Å². The third-order valence-corrected chi connectivity index (χ3v) is 3.66. The lowest BCUT2D eigenvalue weighted by molar-refractivity contribution is -0.146. The number of anilines is 2. The molecule has 2 aromatic rings. The van der Waals surface area contributed by atoms with Crippen molar-refractivity contribution >= 4 is 23.4 Å². The van der Waals surface area contributed by atoms with Crippen molar-refractivity contribution in [3.05, 3.63) is 59.7 Å². The molecule has 22 heavy (non-hydrogen) atoms. The molecule has 0 aliphatic carbocycles. The highest BCUT2D eigenvalue weighted by Crippen LogP contribution is 2.41. The number of para-hydroxylation sites is 2. The molecule has 0 saturated carbocycles. The van der Waals surface area contributed by atoms with E-state index >= 15 is 0 Å². The molecule has 5 nitrogen and oxygen atoms in total. The molecule has 0 saturated heterocycles. The summed E-state index contributed by atoms with van der Waals surface area (Å²) in [7, 11) is 0. The number of carbonyl (C=O) groups excluding carboxylic acids is 1. The van der Waals surface area contributed by atoms with Crippen LogP contribution in [0.1, 0.15) is 24.2 Å². The van der Waals surface area contributed by atoms with Crippen molar-refractivity contribution in [3.8, 4) is 0 Å². The lowest BCUT2D eigenvalue weighted by Gasteiger charge is -2.22. The molecule has 0 spiro atoms. The van der Waals surface area contributed by atoms with Crippen molar-refractivity contribution in [2.24, 2.45) is 0 Å². The number of hydrogen-bond donors (Lipinski definition) is 1. The first kappa shape index (κ1) is 14.1. The SMILES string of the molecule is CC(=O)O[C@H]1Cc2ccccc2N(C(=O)O)c2ccccc21. The Kier molecular flexibility index (Phi) is 3.55. The van der Waals surface area contributed by atoms with Crippen LogP contribution in [0.3, 0.4) is 0 Å². The first-order valence-electron chi connectivity index (χ1n) is 6.95. The van der Waals surface area contributed by atoms with Gasteiger partial charge in [0.25, 0.3) is 0 Å². The molecule has 1 heterocycles. The van der Waals surface area contributed by atoms with E-state index in [9.17, 15) is 14.7 Å². The monoisotopic (exact) mass is 297 g/mol. The second-order valence-corrected chi connectivity index (χ2v) is 5.11. The molecule has 1 aliphatic rings. The Morgan fingerprint density at radius 2 is 1.73 bits per heavy atom. The fraction of sp³-hybridized carbons (Fsp3) is 0.176. The second kappa shape index (κ2) is 5.52. The first-order chi connectivity index (χ1) is 10.6. The molecule has 3 rings (SSSR count). The topological polar surface area (TPSA) is 66.8 Å². The maximum Gasteiger partial charge on any atom is 0.416 e. The van der Waals surface area contributed by atoms with Crippen LogP contribution in [0, 0.1) is 0 Å². The molecule has 1 amide bonds. The van der Waals surface area contributed by atoms with Gasteiger partial charge in [0.2, 0.25) is 0 Å². The van der Waals surface area contributed by atoms with Crippen LogP contribution < -0.4 is 4.90 Å². The minimum absolute atomic E-state index is 0.388. The molecular formula is C17H15NO4. The molecule has 112 valence electrons. The van der Waals surface area contributed by atoms with E-state index in [2.05, 4.69) is 0 Å². The summed E-state index contributed by atoms with van der Waals surface area (Å²) >= 11 is 0. The van der Waals surface area contributed by atoms with Gasteiger partial charge in [0.1, 0.15) is 6.10 Å². The lowest BCUT2D eigenvalue weighted by Crippen LogP contribution is -2.24. The van der Waals surface area contributed by atoms with Gasteiger partial charge in [-0.25, -0.2) is 9.69 Å². The molecule has 0 aromatic heterocycles. The molecular weight excluding hydrogens is 282 g/mol. The Morgan fingerprint density at radius 3 is 2.41 bits per heavy atom. The number of esters is 1. The Labute approximate surface area is 127 Å². The van der Waals surface area contributed by atoms with Gasteiger partial charge >= 0.3 is 12.1 Å². The van der Waals surface area contributed by atoms with E-state index in [1.165, 1.54) is 11.8 Å². The summed E-state index contributed by atoms with van der Waals surface area (Å²) < 4.78 is 5.42. The van der Waals surface area contributed by atoms with Crippen LogP contribution >= 0.6 is 0 Å². The Bertz CT molecular complexity index is 741. The van der Waals surface area contributed by atoms with Crippen molar-refractivity contribution in [1.82, 2.24) is 0 Å². The molecule has 1 aliphatic heterocycles. The summed E-state index contributed by atoms with van der Waals surface area (Å²) in [6.45, 7) is 1.36. The maximum absolute atomic E-state index is 11.8. The summed E-state index contributed by atoms with van der Waals surface area (Å²) in [6, 6.07) is 14.4. The van der Waals surface area contributed by atoms with E-state index < -0.39 is 12.2 Å². The average Bonchev–Trinajstić information content (AvgIpc) is 2.61. The van der Waals surface area contributed by atoms with Gasteiger partial charge in [-0.1, -0.05) is 36.4 Å². The minimum Gasteiger partial charge on any atom is -0.464 e. The average molecular weight is 297 g/mol. The summed E-state index contributed by atoms with van der Waals surface area (Å²) in [4.78, 5) is 24.4. The number of hydrogen-bond acceptors (Lipinski definition) is 3. The zero-order valence-electron chi connectivity index (χ0n) is 12.0. The highest BCUT2D eigenvalue weighted by molar-refractivity contribution is 5.97. The largest absolute Gasteiger partial charge is 0.464 e. The standard InChI is InChI=1S/C17H15NO4/c1-11(19)22-16-10-12-6-2-4-8-14(12)18(17(20)21)15-9-5-3-7-13(15)16/h2-9,16H,10H2,1H3,(H,20,21)/t16-/m0/s1. The molecule has 2 aromatic carbocycles. The van der Waals surface area contributed by atoms with Crippen molar-refractivity contribution in [3.63, 3.8) is 0 Å². The highest BCUT2D eigenvalue weighted by Gasteiger charge is 2.31. The van der Waals surface area contributed by atoms with Crippen molar-refractivity contribution in [2.75, 3.05) is 4.90 Å². The minimum atomic E-state index is -1.07. The third-order valence-electron chi connectivity index (χ3n) is 3.66. The van der Waals surface area contributed by atoms with Crippen LogP contribution in [0.25, 0.3) is 0 Å². The lowest BCUT2D eigenvalue weighted by atomic mass is 10.0. The van der Waals surface area contributed by atoms with Gasteiger partial charge < -0.3 is 9.84 Å². The molecule has 0 radical (unpaired) electrons. The van der Waals surface area contributed by atoms with Gasteiger partial charge in [-0.3, -0.25) is 4.79 Å². The quantitative estimate of drug-likeness (QED) is 0.816. The number of benzene rings is 2. The normalized spacial score (nSPS) is 16.2. The summed E-state index contributed by atoms with van der Waals surface area (Å²) in [5, 5.41) is 9.64. The van der Waals surface area contributed by atoms with Crippen LogP contribution in [-0.2, 0) is 16.0 Å². The predicted octanol–water partition coefficient (Wildman–Crippen LogP) is 3.66. The van der Waals surface area contributed by atoms with Crippen molar-refractivity contribution in [1.29, 1.82) is 0 Å². The Hall–Kier alpha value is -2.82. The van der Waals surface area contributed by atoms with Gasteiger partial charge in [-0.05, 0) is 17.7 Å². The smallest absolute Gasteiger partial charge is 0.416 e. The van der Waals surface area contributed by atoms with Crippen LogP contribution in [0.15, 0.2) is 48.5 Å². The summed E-state index contributed by atoms with van der Waals surface area (Å²) in [5.41, 5.74) is 2.63. The number of fused-ring (bicyclic) bond motifs is 2. The van der Waals surface area contributed by atoms with E-state index in [-0.39, 0.29) is 5.97 Å². The summed E-state index contributed by atoms with van der Waals surface area (Å²) in [5.74, 6) is -0.388. The van der Waals surface area contributed by atoms with Gasteiger partial charge in [-0.2, -0.15) is 0 Å². The molecule has 0 bridgehead atoms. The Morgan fingerprint density at radius 1 is 1.09 bits per heavy atom. The number of amides is 1.